The molecule has 82 valence electrons. The van der Waals surface area contributed by atoms with Gasteiger partial charge in [0.15, 0.2) is 0 Å². The van der Waals surface area contributed by atoms with Gasteiger partial charge in [0.1, 0.15) is 0 Å². The van der Waals surface area contributed by atoms with Crippen LogP contribution in [-0.4, -0.2) is 13.3 Å². The van der Waals surface area contributed by atoms with E-state index in [4.69, 9.17) is 5.73 Å². The Morgan fingerprint density at radius 3 is 2.53 bits per heavy atom. The highest BCUT2D eigenvalue weighted by molar-refractivity contribution is 5.55. The predicted octanol–water partition coefficient (Wildman–Crippen LogP) is 3.40. The molecule has 0 bridgehead atoms. The van der Waals surface area contributed by atoms with Gasteiger partial charge in [0, 0.05) is 12.7 Å². The van der Waals surface area contributed by atoms with Gasteiger partial charge in [0.05, 0.1) is 0 Å². The van der Waals surface area contributed by atoms with E-state index in [0.29, 0.717) is 0 Å². The zero-order chi connectivity index (χ0) is 11.5. The molecular weight excluding hydrogens is 184 g/mol. The molecule has 2 N–H and O–H groups in total. The summed E-state index contributed by atoms with van der Waals surface area (Å²) in [6, 6.07) is 7.86. The summed E-state index contributed by atoms with van der Waals surface area (Å²) in [5.41, 5.74) is 7.59. The zero-order valence-corrected chi connectivity index (χ0v) is 9.77. The lowest BCUT2D eigenvalue weighted by Crippen LogP contribution is -1.83. The first-order valence-corrected chi connectivity index (χ1v) is 5.13. The summed E-state index contributed by atoms with van der Waals surface area (Å²) in [6.07, 6.45) is 7.01. The summed E-state index contributed by atoms with van der Waals surface area (Å²) in [5.74, 6) is 0. The van der Waals surface area contributed by atoms with E-state index in [1.54, 1.807) is 13.3 Å². The molecule has 0 aromatic heterocycles. The normalized spacial score (nSPS) is 10.3. The second kappa shape index (κ2) is 9.00. The predicted molar refractivity (Wildman–Crippen MR) is 70.3 cm³/mol. The summed E-state index contributed by atoms with van der Waals surface area (Å²) >= 11 is 0. The van der Waals surface area contributed by atoms with Crippen LogP contribution in [0.25, 0.3) is 6.08 Å². The fraction of sp³-hybridized carbons (Fsp3) is 0.308. The third kappa shape index (κ3) is 7.50. The lowest BCUT2D eigenvalue weighted by atomic mass is 10.2. The molecular formula is C13H20N2. The molecule has 0 heterocycles. The van der Waals surface area contributed by atoms with Crippen LogP contribution < -0.4 is 5.73 Å². The van der Waals surface area contributed by atoms with Gasteiger partial charge in [-0.3, -0.25) is 0 Å². The molecule has 1 aromatic rings. The fourth-order valence-corrected chi connectivity index (χ4v) is 0.917. The smallest absolute Gasteiger partial charge is 0.0319 e. The van der Waals surface area contributed by atoms with Crippen molar-refractivity contribution in [2.75, 3.05) is 12.8 Å². The fourth-order valence-electron chi connectivity index (χ4n) is 0.917. The van der Waals surface area contributed by atoms with Gasteiger partial charge in [-0.2, -0.15) is 0 Å². The van der Waals surface area contributed by atoms with Crippen LogP contribution in [0.5, 0.6) is 0 Å². The maximum Gasteiger partial charge on any atom is 0.0319 e. The molecule has 0 aliphatic rings. The molecule has 0 saturated carbocycles. The van der Waals surface area contributed by atoms with Gasteiger partial charge in [0.2, 0.25) is 0 Å². The molecule has 1 rings (SSSR count). The largest absolute Gasteiger partial charge is 0.399 e. The number of anilines is 1. The first-order valence-electron chi connectivity index (χ1n) is 5.13. The zero-order valence-electron chi connectivity index (χ0n) is 9.77. The maximum atomic E-state index is 5.60. The Morgan fingerprint density at radius 2 is 2.07 bits per heavy atom. The molecule has 0 unspecified atom stereocenters. The van der Waals surface area contributed by atoms with E-state index in [-0.39, 0.29) is 0 Å². The number of aliphatic imine (C=N–C) groups is 1. The lowest BCUT2D eigenvalue weighted by molar-refractivity contribution is 1.23. The average Bonchev–Trinajstić information content (AvgIpc) is 2.27. The number of allylic oxidation sites excluding steroid dienone is 1. The van der Waals surface area contributed by atoms with E-state index in [1.807, 2.05) is 31.2 Å². The Bertz CT molecular complexity index is 310. The van der Waals surface area contributed by atoms with Gasteiger partial charge >= 0.3 is 0 Å². The van der Waals surface area contributed by atoms with Gasteiger partial charge in [-0.05, 0) is 37.3 Å². The quantitative estimate of drug-likeness (QED) is 0.582. The van der Waals surface area contributed by atoms with Crippen LogP contribution in [-0.2, 0) is 0 Å². The molecule has 0 atom stereocenters. The molecule has 0 amide bonds. The Kier molecular flexibility index (Phi) is 8.06. The number of nitrogens with zero attached hydrogens (tertiary/aromatic N) is 1. The van der Waals surface area contributed by atoms with Gasteiger partial charge in [-0.15, -0.1) is 0 Å². The van der Waals surface area contributed by atoms with Crippen molar-refractivity contribution in [3.05, 3.63) is 35.9 Å². The van der Waals surface area contributed by atoms with E-state index in [0.717, 1.165) is 12.1 Å². The molecule has 0 fully saturated rings. The number of rotatable bonds is 2. The van der Waals surface area contributed by atoms with Crippen molar-refractivity contribution in [1.82, 2.24) is 0 Å². The van der Waals surface area contributed by atoms with Crippen LogP contribution in [0.15, 0.2) is 35.3 Å². The Balaban J connectivity index is 0.000000423. The van der Waals surface area contributed by atoms with E-state index in [2.05, 4.69) is 24.1 Å². The molecule has 2 heteroatoms. The summed E-state index contributed by atoms with van der Waals surface area (Å²) in [6.45, 7) is 4.00. The third-order valence-electron chi connectivity index (χ3n) is 1.71. The van der Waals surface area contributed by atoms with Crippen LogP contribution >= 0.6 is 0 Å². The Labute approximate surface area is 92.5 Å². The number of nitrogens with two attached hydrogens (primary N) is 1. The van der Waals surface area contributed by atoms with Crippen molar-refractivity contribution < 1.29 is 0 Å². The summed E-state index contributed by atoms with van der Waals surface area (Å²) in [5, 5.41) is 0. The maximum absolute atomic E-state index is 5.60. The summed E-state index contributed by atoms with van der Waals surface area (Å²) < 4.78 is 0. The molecule has 0 aliphatic carbocycles. The van der Waals surface area contributed by atoms with Gasteiger partial charge in [-0.1, -0.05) is 31.2 Å². The van der Waals surface area contributed by atoms with Crippen LogP contribution in [0.1, 0.15) is 25.8 Å². The van der Waals surface area contributed by atoms with Crippen LogP contribution in [0, 0.1) is 0 Å². The molecule has 15 heavy (non-hydrogen) atoms. The van der Waals surface area contributed by atoms with Crippen LogP contribution in [0.3, 0.4) is 0 Å². The summed E-state index contributed by atoms with van der Waals surface area (Å²) in [4.78, 5) is 3.61. The molecule has 0 radical (unpaired) electrons. The third-order valence-corrected chi connectivity index (χ3v) is 1.71. The highest BCUT2D eigenvalue weighted by Gasteiger charge is 1.85. The Morgan fingerprint density at radius 1 is 1.40 bits per heavy atom. The summed E-state index contributed by atoms with van der Waals surface area (Å²) in [7, 11) is 1.75. The van der Waals surface area contributed by atoms with Gasteiger partial charge < -0.3 is 10.7 Å². The SMILES string of the molecule is CC/C=C/c1cccc(N)c1.CC=NC. The van der Waals surface area contributed by atoms with E-state index in [9.17, 15) is 0 Å². The minimum atomic E-state index is 0.822. The topological polar surface area (TPSA) is 38.4 Å². The van der Waals surface area contributed by atoms with E-state index >= 15 is 0 Å². The second-order valence-corrected chi connectivity index (χ2v) is 3.00. The number of nitrogen functional groups attached to an aromatic ring is 1. The highest BCUT2D eigenvalue weighted by Crippen LogP contribution is 2.08. The van der Waals surface area contributed by atoms with Crippen molar-refractivity contribution in [2.45, 2.75) is 20.3 Å². The second-order valence-electron chi connectivity index (χ2n) is 3.00. The Hall–Kier alpha value is -1.57. The van der Waals surface area contributed by atoms with Crippen molar-refractivity contribution in [2.24, 2.45) is 4.99 Å². The number of benzene rings is 1. The molecule has 1 aromatic carbocycles. The minimum Gasteiger partial charge on any atom is -0.399 e. The molecule has 0 spiro atoms. The average molecular weight is 204 g/mol. The van der Waals surface area contributed by atoms with Crippen molar-refractivity contribution >= 4 is 18.0 Å². The van der Waals surface area contributed by atoms with Crippen LogP contribution in [0.2, 0.25) is 0 Å². The van der Waals surface area contributed by atoms with Crippen molar-refractivity contribution in [3.63, 3.8) is 0 Å². The lowest BCUT2D eigenvalue weighted by Gasteiger charge is -1.94. The van der Waals surface area contributed by atoms with E-state index in [1.165, 1.54) is 5.56 Å². The standard InChI is InChI=1S/C10H13N.C3H7N/c1-2-3-5-9-6-4-7-10(11)8-9;1-3-4-2/h3-8H,2,11H2,1H3;3H,1-2H3/b5-3+;. The minimum absolute atomic E-state index is 0.822. The van der Waals surface area contributed by atoms with Crippen molar-refractivity contribution in [1.29, 1.82) is 0 Å². The molecule has 0 saturated heterocycles. The van der Waals surface area contributed by atoms with E-state index < -0.39 is 0 Å². The van der Waals surface area contributed by atoms with Crippen molar-refractivity contribution in [3.8, 4) is 0 Å². The monoisotopic (exact) mass is 204 g/mol. The number of hydrogen-bond donors (Lipinski definition) is 1. The highest BCUT2D eigenvalue weighted by atomic mass is 14.6. The molecule has 0 aliphatic heterocycles. The first-order chi connectivity index (χ1) is 7.24. The number of hydrogen-bond acceptors (Lipinski definition) is 2. The molecule has 2 nitrogen and oxygen atoms in total. The first kappa shape index (κ1) is 13.4. The van der Waals surface area contributed by atoms with Gasteiger partial charge in [-0.25, -0.2) is 0 Å². The van der Waals surface area contributed by atoms with Crippen LogP contribution in [0.4, 0.5) is 5.69 Å². The van der Waals surface area contributed by atoms with Gasteiger partial charge in [0.25, 0.3) is 0 Å².